The molecule has 1 heterocycles. The number of rotatable bonds is 0. The van der Waals surface area contributed by atoms with Gasteiger partial charge in [0.2, 0.25) is 0 Å². The molecule has 6 heavy (non-hydrogen) atoms. The zero-order valence-corrected chi connectivity index (χ0v) is 4.42. The Bertz CT molecular complexity index is 23.0. The fraction of sp³-hybridized carbons (Fsp3) is 0.750. The maximum absolute atomic E-state index is 3.17. The van der Waals surface area contributed by atoms with E-state index < -0.39 is 0 Å². The van der Waals surface area contributed by atoms with Crippen LogP contribution in [-0.2, 0) is 0 Å². The molecule has 0 saturated carbocycles. The van der Waals surface area contributed by atoms with Gasteiger partial charge in [-0.1, -0.05) is 11.9 Å². The van der Waals surface area contributed by atoms with Crippen LogP contribution >= 0.6 is 11.9 Å². The molecule has 0 unspecified atom stereocenters. The number of hydrogen-bond acceptors (Lipinski definition) is 2. The fourth-order valence-electron chi connectivity index (χ4n) is 0.434. The van der Waals surface area contributed by atoms with Crippen molar-refractivity contribution in [2.75, 3.05) is 12.3 Å². The van der Waals surface area contributed by atoms with Crippen LogP contribution in [0.3, 0.4) is 0 Å². The fourth-order valence-corrected chi connectivity index (χ4v) is 1.10. The van der Waals surface area contributed by atoms with Crippen LogP contribution in [0.25, 0.3) is 0 Å². The van der Waals surface area contributed by atoms with E-state index >= 15 is 0 Å². The Labute approximate surface area is 42.6 Å². The van der Waals surface area contributed by atoms with Crippen molar-refractivity contribution in [3.05, 3.63) is 6.42 Å². The molecule has 0 aliphatic carbocycles. The van der Waals surface area contributed by atoms with Crippen LogP contribution in [0.2, 0.25) is 0 Å². The van der Waals surface area contributed by atoms with Crippen molar-refractivity contribution in [1.29, 1.82) is 0 Å². The molecule has 1 fully saturated rings. The molecule has 0 aromatic heterocycles. The van der Waals surface area contributed by atoms with Crippen LogP contribution in [0.1, 0.15) is 6.42 Å². The minimum atomic E-state index is 1.16. The van der Waals surface area contributed by atoms with E-state index in [1.807, 2.05) is 0 Å². The largest absolute Gasteiger partial charge is 0.264 e. The average Bonchev–Trinajstić information content (AvgIpc) is 1.72. The summed E-state index contributed by atoms with van der Waals surface area (Å²) in [6.07, 6.45) is 3.54. The Morgan fingerprint density at radius 1 is 1.67 bits per heavy atom. The van der Waals surface area contributed by atoms with Gasteiger partial charge in [0.05, 0.1) is 0 Å². The van der Waals surface area contributed by atoms with Gasteiger partial charge in [-0.3, -0.25) is 4.72 Å². The second kappa shape index (κ2) is 2.48. The van der Waals surface area contributed by atoms with Gasteiger partial charge in [-0.15, -0.1) is 0 Å². The Hall–Kier alpha value is 0.310. The first kappa shape index (κ1) is 4.47. The van der Waals surface area contributed by atoms with Crippen LogP contribution in [0.4, 0.5) is 0 Å². The van der Waals surface area contributed by atoms with Crippen molar-refractivity contribution in [3.8, 4) is 0 Å². The lowest BCUT2D eigenvalue weighted by Crippen LogP contribution is -2.12. The Kier molecular flexibility index (Phi) is 1.85. The van der Waals surface area contributed by atoms with Gasteiger partial charge in [0.25, 0.3) is 0 Å². The first-order valence-electron chi connectivity index (χ1n) is 2.16. The van der Waals surface area contributed by atoms with Crippen molar-refractivity contribution in [1.82, 2.24) is 4.72 Å². The first-order chi connectivity index (χ1) is 3.00. The van der Waals surface area contributed by atoms with Gasteiger partial charge in [0.15, 0.2) is 0 Å². The Morgan fingerprint density at radius 3 is 2.83 bits per heavy atom. The average molecular weight is 102 g/mol. The van der Waals surface area contributed by atoms with Crippen molar-refractivity contribution in [3.63, 3.8) is 0 Å². The monoisotopic (exact) mass is 102 g/mol. The Balaban J connectivity index is 2.00. The lowest BCUT2D eigenvalue weighted by atomic mass is 10.3. The molecule has 35 valence electrons. The molecule has 1 N–H and O–H groups in total. The van der Waals surface area contributed by atoms with Crippen molar-refractivity contribution in [2.24, 2.45) is 0 Å². The third kappa shape index (κ3) is 1.19. The van der Waals surface area contributed by atoms with Crippen LogP contribution in [0, 0.1) is 6.42 Å². The molecule has 0 atom stereocenters. The highest BCUT2D eigenvalue weighted by molar-refractivity contribution is 7.97. The minimum absolute atomic E-state index is 1.16. The summed E-state index contributed by atoms with van der Waals surface area (Å²) >= 11 is 1.79. The maximum atomic E-state index is 3.17. The summed E-state index contributed by atoms with van der Waals surface area (Å²) < 4.78 is 3.17. The molecule has 1 saturated heterocycles. The summed E-state index contributed by atoms with van der Waals surface area (Å²) in [7, 11) is 0. The van der Waals surface area contributed by atoms with Crippen LogP contribution in [0.15, 0.2) is 0 Å². The number of nitrogens with one attached hydrogen (secondary N) is 1. The number of hydrogen-bond donors (Lipinski definition) is 1. The lowest BCUT2D eigenvalue weighted by molar-refractivity contribution is 0.869. The summed E-state index contributed by atoms with van der Waals surface area (Å²) in [5, 5.41) is 0. The summed E-state index contributed by atoms with van der Waals surface area (Å²) in [4.78, 5) is 0. The van der Waals surface area contributed by atoms with Gasteiger partial charge in [-0.2, -0.15) is 0 Å². The van der Waals surface area contributed by atoms with Gasteiger partial charge in [-0.05, 0) is 12.8 Å². The van der Waals surface area contributed by atoms with Crippen molar-refractivity contribution in [2.45, 2.75) is 6.42 Å². The third-order valence-corrected chi connectivity index (χ3v) is 1.56. The molecule has 0 aromatic rings. The van der Waals surface area contributed by atoms with E-state index in [1.165, 1.54) is 12.2 Å². The standard InChI is InChI=1S/C4H8NS/c1-2-4-6-5-3-1/h2,5H,1,3-4H2. The maximum Gasteiger partial charge on any atom is 0.0110 e. The smallest absolute Gasteiger partial charge is 0.0110 e. The zero-order chi connectivity index (χ0) is 4.24. The van der Waals surface area contributed by atoms with Gasteiger partial charge in [0.1, 0.15) is 0 Å². The van der Waals surface area contributed by atoms with E-state index in [4.69, 9.17) is 0 Å². The van der Waals surface area contributed by atoms with Gasteiger partial charge in [0, 0.05) is 12.3 Å². The SMILES string of the molecule is [CH]1CCNSC1. The van der Waals surface area contributed by atoms with Gasteiger partial charge in [-0.25, -0.2) is 0 Å². The molecule has 1 rings (SSSR count). The van der Waals surface area contributed by atoms with Crippen molar-refractivity contribution < 1.29 is 0 Å². The summed E-state index contributed by atoms with van der Waals surface area (Å²) in [5.74, 6) is 1.18. The molecule has 1 aliphatic heterocycles. The molecular formula is C4H8NS. The molecule has 1 radical (unpaired) electrons. The third-order valence-electron chi connectivity index (χ3n) is 0.754. The van der Waals surface area contributed by atoms with Gasteiger partial charge < -0.3 is 0 Å². The quantitative estimate of drug-likeness (QED) is 0.455. The zero-order valence-electron chi connectivity index (χ0n) is 3.61. The molecular weight excluding hydrogens is 94.1 g/mol. The van der Waals surface area contributed by atoms with E-state index in [0.29, 0.717) is 0 Å². The van der Waals surface area contributed by atoms with Crippen LogP contribution < -0.4 is 4.72 Å². The topological polar surface area (TPSA) is 12.0 Å². The molecule has 0 aromatic carbocycles. The van der Waals surface area contributed by atoms with Crippen molar-refractivity contribution >= 4 is 11.9 Å². The van der Waals surface area contributed by atoms with E-state index in [0.717, 1.165) is 6.54 Å². The van der Waals surface area contributed by atoms with E-state index in [1.54, 1.807) is 11.9 Å². The van der Waals surface area contributed by atoms with E-state index in [9.17, 15) is 0 Å². The summed E-state index contributed by atoms with van der Waals surface area (Å²) in [6.45, 7) is 1.16. The normalized spacial score (nSPS) is 24.0. The molecule has 0 bridgehead atoms. The minimum Gasteiger partial charge on any atom is -0.264 e. The molecule has 1 nitrogen and oxygen atoms in total. The highest BCUT2D eigenvalue weighted by Gasteiger charge is 1.94. The highest BCUT2D eigenvalue weighted by Crippen LogP contribution is 2.03. The first-order valence-corrected chi connectivity index (χ1v) is 3.15. The lowest BCUT2D eigenvalue weighted by Gasteiger charge is -2.07. The molecule has 2 heteroatoms. The predicted octanol–water partition coefficient (Wildman–Crippen LogP) is 0.832. The van der Waals surface area contributed by atoms with E-state index in [2.05, 4.69) is 11.1 Å². The molecule has 0 spiro atoms. The predicted molar refractivity (Wildman–Crippen MR) is 29.4 cm³/mol. The second-order valence-corrected chi connectivity index (χ2v) is 2.19. The van der Waals surface area contributed by atoms with Crippen LogP contribution in [0.5, 0.6) is 0 Å². The summed E-state index contributed by atoms with van der Waals surface area (Å²) in [6, 6.07) is 0. The van der Waals surface area contributed by atoms with E-state index in [-0.39, 0.29) is 0 Å². The summed E-state index contributed by atoms with van der Waals surface area (Å²) in [5.41, 5.74) is 0. The second-order valence-electron chi connectivity index (χ2n) is 1.28. The Morgan fingerprint density at radius 2 is 2.67 bits per heavy atom. The highest BCUT2D eigenvalue weighted by atomic mass is 32.2. The van der Waals surface area contributed by atoms with Crippen LogP contribution in [-0.4, -0.2) is 12.3 Å². The van der Waals surface area contributed by atoms with Gasteiger partial charge >= 0.3 is 0 Å². The molecule has 1 aliphatic rings. The molecule has 0 amide bonds.